The molecular formula is C13H18Br2O4. The average Bonchev–Trinajstić information content (AvgIpc) is 2.40. The maximum atomic E-state index is 9.08. The zero-order valence-corrected chi connectivity index (χ0v) is 14.0. The summed E-state index contributed by atoms with van der Waals surface area (Å²) in [4.78, 5) is 0. The highest BCUT2D eigenvalue weighted by Gasteiger charge is 2.08. The Morgan fingerprint density at radius 2 is 1.74 bits per heavy atom. The Morgan fingerprint density at radius 3 is 2.32 bits per heavy atom. The van der Waals surface area contributed by atoms with Crippen LogP contribution in [0.5, 0.6) is 5.75 Å². The van der Waals surface area contributed by atoms with Crippen LogP contribution < -0.4 is 4.74 Å². The van der Waals surface area contributed by atoms with Crippen LogP contribution in [0.4, 0.5) is 0 Å². The lowest BCUT2D eigenvalue weighted by molar-refractivity contribution is 0.0803. The summed E-state index contributed by atoms with van der Waals surface area (Å²) in [5, 5.41) is 9.08. The van der Waals surface area contributed by atoms with Crippen molar-refractivity contribution in [2.24, 2.45) is 0 Å². The van der Waals surface area contributed by atoms with Crippen LogP contribution in [0.2, 0.25) is 0 Å². The van der Waals surface area contributed by atoms with Gasteiger partial charge in [-0.25, -0.2) is 0 Å². The fraction of sp³-hybridized carbons (Fsp3) is 0.538. The van der Waals surface area contributed by atoms with Crippen molar-refractivity contribution in [3.05, 3.63) is 26.6 Å². The third-order valence-corrected chi connectivity index (χ3v) is 3.53. The smallest absolute Gasteiger partial charge is 0.147 e. The highest BCUT2D eigenvalue weighted by Crippen LogP contribution is 2.34. The molecule has 1 aromatic carbocycles. The first kappa shape index (κ1) is 16.9. The number of hydrogen-bond acceptors (Lipinski definition) is 4. The van der Waals surface area contributed by atoms with Crippen LogP contribution >= 0.6 is 31.9 Å². The van der Waals surface area contributed by atoms with Crippen molar-refractivity contribution in [1.82, 2.24) is 0 Å². The molecule has 4 nitrogen and oxygen atoms in total. The maximum Gasteiger partial charge on any atom is 0.147 e. The zero-order valence-electron chi connectivity index (χ0n) is 10.8. The number of benzene rings is 1. The first-order valence-electron chi connectivity index (χ1n) is 5.97. The molecule has 0 aliphatic rings. The quantitative estimate of drug-likeness (QED) is 0.650. The molecule has 0 aliphatic carbocycles. The van der Waals surface area contributed by atoms with Crippen molar-refractivity contribution in [1.29, 1.82) is 0 Å². The highest BCUT2D eigenvalue weighted by molar-refractivity contribution is 9.11. The van der Waals surface area contributed by atoms with Crippen molar-refractivity contribution in [3.8, 4) is 5.75 Å². The molecular weight excluding hydrogens is 380 g/mol. The van der Waals surface area contributed by atoms with Gasteiger partial charge in [0.2, 0.25) is 0 Å². The summed E-state index contributed by atoms with van der Waals surface area (Å²) in [7, 11) is 1.67. The zero-order chi connectivity index (χ0) is 14.1. The van der Waals surface area contributed by atoms with Crippen LogP contribution in [-0.2, 0) is 16.1 Å². The number of hydrogen-bond donors (Lipinski definition) is 1. The van der Waals surface area contributed by atoms with Crippen LogP contribution in [-0.4, -0.2) is 38.6 Å². The summed E-state index contributed by atoms with van der Waals surface area (Å²) in [5.74, 6) is 0.720. The molecule has 0 aliphatic heterocycles. The van der Waals surface area contributed by atoms with E-state index in [2.05, 4.69) is 31.9 Å². The number of rotatable bonds is 9. The molecule has 0 fully saturated rings. The topological polar surface area (TPSA) is 47.9 Å². The molecule has 0 saturated carbocycles. The van der Waals surface area contributed by atoms with Crippen LogP contribution in [0.15, 0.2) is 21.1 Å². The number of ether oxygens (including phenoxy) is 3. The van der Waals surface area contributed by atoms with Crippen molar-refractivity contribution in [2.45, 2.75) is 13.0 Å². The Bertz CT molecular complexity index is 362. The van der Waals surface area contributed by atoms with Gasteiger partial charge in [0, 0.05) is 20.3 Å². The second kappa shape index (κ2) is 9.72. The lowest BCUT2D eigenvalue weighted by Crippen LogP contribution is -2.09. The molecule has 1 N–H and O–H groups in total. The number of aliphatic hydroxyl groups is 1. The Morgan fingerprint density at radius 1 is 1.05 bits per heavy atom. The molecule has 0 aromatic heterocycles. The molecule has 0 spiro atoms. The van der Waals surface area contributed by atoms with Gasteiger partial charge in [-0.05, 0) is 56.0 Å². The lowest BCUT2D eigenvalue weighted by atomic mass is 10.2. The van der Waals surface area contributed by atoms with E-state index in [9.17, 15) is 0 Å². The van der Waals surface area contributed by atoms with Gasteiger partial charge in [0.15, 0.2) is 0 Å². The fourth-order valence-corrected chi connectivity index (χ4v) is 2.96. The van der Waals surface area contributed by atoms with Gasteiger partial charge in [0.1, 0.15) is 12.4 Å². The van der Waals surface area contributed by atoms with Gasteiger partial charge in [-0.3, -0.25) is 0 Å². The van der Waals surface area contributed by atoms with Gasteiger partial charge in [0.25, 0.3) is 0 Å². The first-order valence-corrected chi connectivity index (χ1v) is 7.56. The minimum absolute atomic E-state index is 0.0000900. The maximum absolute atomic E-state index is 9.08. The van der Waals surface area contributed by atoms with E-state index in [-0.39, 0.29) is 6.61 Å². The summed E-state index contributed by atoms with van der Waals surface area (Å²) in [5.41, 5.74) is 0.821. The summed E-state index contributed by atoms with van der Waals surface area (Å²) >= 11 is 6.84. The molecule has 0 atom stereocenters. The molecule has 0 saturated heterocycles. The van der Waals surface area contributed by atoms with E-state index in [0.717, 1.165) is 26.7 Å². The van der Waals surface area contributed by atoms with E-state index in [1.807, 2.05) is 12.1 Å². The van der Waals surface area contributed by atoms with Gasteiger partial charge in [0.05, 0.1) is 22.2 Å². The van der Waals surface area contributed by atoms with Gasteiger partial charge < -0.3 is 19.3 Å². The second-order valence-electron chi connectivity index (χ2n) is 3.85. The molecule has 0 bridgehead atoms. The van der Waals surface area contributed by atoms with Crippen molar-refractivity contribution in [3.63, 3.8) is 0 Å². The molecule has 0 unspecified atom stereocenters. The van der Waals surface area contributed by atoms with Gasteiger partial charge >= 0.3 is 0 Å². The second-order valence-corrected chi connectivity index (χ2v) is 5.56. The van der Waals surface area contributed by atoms with Gasteiger partial charge in [-0.15, -0.1) is 0 Å². The lowest BCUT2D eigenvalue weighted by Gasteiger charge is -2.12. The minimum Gasteiger partial charge on any atom is -0.489 e. The minimum atomic E-state index is 0.0000900. The third kappa shape index (κ3) is 6.23. The number of aliphatic hydroxyl groups excluding tert-OH is 1. The standard InChI is InChI=1S/C13H18Br2O4/c1-17-3-2-4-18-5-6-19-13-11(14)7-10(9-16)8-12(13)15/h7-8,16H,2-6,9H2,1H3. The van der Waals surface area contributed by atoms with Crippen LogP contribution in [0.1, 0.15) is 12.0 Å². The van der Waals surface area contributed by atoms with Crippen LogP contribution in [0, 0.1) is 0 Å². The molecule has 0 radical (unpaired) electrons. The number of methoxy groups -OCH3 is 1. The Labute approximate surface area is 130 Å². The summed E-state index contributed by atoms with van der Waals surface area (Å²) in [6.07, 6.45) is 0.884. The summed E-state index contributed by atoms with van der Waals surface area (Å²) in [6, 6.07) is 3.67. The Balaban J connectivity index is 2.33. The Hall–Kier alpha value is -0.140. The van der Waals surface area contributed by atoms with E-state index in [0.29, 0.717) is 26.4 Å². The largest absolute Gasteiger partial charge is 0.489 e. The van der Waals surface area contributed by atoms with Crippen LogP contribution in [0.3, 0.4) is 0 Å². The van der Waals surface area contributed by atoms with Gasteiger partial charge in [-0.1, -0.05) is 0 Å². The van der Waals surface area contributed by atoms with Gasteiger partial charge in [-0.2, -0.15) is 0 Å². The average molecular weight is 398 g/mol. The predicted octanol–water partition coefficient (Wildman–Crippen LogP) is 3.14. The molecule has 0 heterocycles. The summed E-state index contributed by atoms with van der Waals surface area (Å²) < 4.78 is 17.6. The molecule has 6 heteroatoms. The fourth-order valence-electron chi connectivity index (χ4n) is 1.45. The van der Waals surface area contributed by atoms with Crippen molar-refractivity contribution >= 4 is 31.9 Å². The Kier molecular flexibility index (Phi) is 8.65. The molecule has 108 valence electrons. The molecule has 0 amide bonds. The normalized spacial score (nSPS) is 10.7. The van der Waals surface area contributed by atoms with Crippen molar-refractivity contribution in [2.75, 3.05) is 33.5 Å². The highest BCUT2D eigenvalue weighted by atomic mass is 79.9. The monoisotopic (exact) mass is 396 g/mol. The molecule has 1 rings (SSSR count). The van der Waals surface area contributed by atoms with E-state index in [4.69, 9.17) is 19.3 Å². The van der Waals surface area contributed by atoms with Crippen LogP contribution in [0.25, 0.3) is 0 Å². The van der Waals surface area contributed by atoms with E-state index in [1.54, 1.807) is 7.11 Å². The van der Waals surface area contributed by atoms with E-state index >= 15 is 0 Å². The predicted molar refractivity (Wildman–Crippen MR) is 80.6 cm³/mol. The van der Waals surface area contributed by atoms with E-state index in [1.165, 1.54) is 0 Å². The number of halogens is 2. The summed E-state index contributed by atoms with van der Waals surface area (Å²) in [6.45, 7) is 2.39. The SMILES string of the molecule is COCCCOCCOc1c(Br)cc(CO)cc1Br. The first-order chi connectivity index (χ1) is 9.19. The van der Waals surface area contributed by atoms with E-state index < -0.39 is 0 Å². The third-order valence-electron chi connectivity index (χ3n) is 2.35. The molecule has 19 heavy (non-hydrogen) atoms. The van der Waals surface area contributed by atoms with Crippen molar-refractivity contribution < 1.29 is 19.3 Å². The molecule has 1 aromatic rings.